The van der Waals surface area contributed by atoms with Crippen LogP contribution >= 0.6 is 0 Å². The summed E-state index contributed by atoms with van der Waals surface area (Å²) in [6.07, 6.45) is 1.91. The smallest absolute Gasteiger partial charge is 0.219 e. The van der Waals surface area contributed by atoms with E-state index in [1.807, 2.05) is 0 Å². The number of aliphatic hydroxyl groups is 1. The van der Waals surface area contributed by atoms with Crippen LogP contribution in [0.15, 0.2) is 0 Å². The van der Waals surface area contributed by atoms with Gasteiger partial charge in [0.15, 0.2) is 0 Å². The van der Waals surface area contributed by atoms with Gasteiger partial charge in [-0.25, -0.2) is 0 Å². The first kappa shape index (κ1) is 11.4. The summed E-state index contributed by atoms with van der Waals surface area (Å²) in [5, 5.41) is 8.73. The summed E-state index contributed by atoms with van der Waals surface area (Å²) in [6.45, 7) is 6.18. The number of carbonyl (C=O) groups is 1. The second-order valence-corrected chi connectivity index (χ2v) is 2.91. The molecule has 1 amide bonds. The molecule has 0 radical (unpaired) electrons. The normalized spacial score (nSPS) is 10.4. The maximum absolute atomic E-state index is 11.1. The third kappa shape index (κ3) is 3.22. The van der Waals surface area contributed by atoms with Gasteiger partial charge in [-0.3, -0.25) is 4.79 Å². The third-order valence-corrected chi connectivity index (χ3v) is 2.13. The Labute approximate surface area is 74.4 Å². The highest BCUT2D eigenvalue weighted by atomic mass is 16.3. The lowest BCUT2D eigenvalue weighted by Crippen LogP contribution is -2.40. The van der Waals surface area contributed by atoms with E-state index >= 15 is 0 Å². The molecule has 3 nitrogen and oxygen atoms in total. The second kappa shape index (κ2) is 6.00. The Hall–Kier alpha value is -0.570. The van der Waals surface area contributed by atoms with Crippen molar-refractivity contribution >= 4 is 5.91 Å². The number of carbonyl (C=O) groups excluding carboxylic acids is 1. The van der Waals surface area contributed by atoms with E-state index in [1.54, 1.807) is 11.8 Å². The van der Waals surface area contributed by atoms with Crippen molar-refractivity contribution in [1.29, 1.82) is 0 Å². The van der Waals surface area contributed by atoms with E-state index in [2.05, 4.69) is 13.8 Å². The maximum Gasteiger partial charge on any atom is 0.219 e. The van der Waals surface area contributed by atoms with Crippen LogP contribution in [0.25, 0.3) is 0 Å². The summed E-state index contributed by atoms with van der Waals surface area (Å²) in [5.74, 6) is 0.0535. The molecule has 0 heterocycles. The lowest BCUT2D eigenvalue weighted by atomic mass is 10.1. The molecule has 0 aromatic rings. The summed E-state index contributed by atoms with van der Waals surface area (Å²) < 4.78 is 0. The molecule has 0 fully saturated rings. The molecule has 0 aliphatic heterocycles. The van der Waals surface area contributed by atoms with E-state index in [0.29, 0.717) is 6.54 Å². The van der Waals surface area contributed by atoms with E-state index in [4.69, 9.17) is 5.11 Å². The van der Waals surface area contributed by atoms with Crippen LogP contribution in [0.1, 0.15) is 33.6 Å². The van der Waals surface area contributed by atoms with Crippen LogP contribution < -0.4 is 0 Å². The fourth-order valence-corrected chi connectivity index (χ4v) is 1.43. The van der Waals surface area contributed by atoms with Gasteiger partial charge in [-0.15, -0.1) is 0 Å². The molecule has 72 valence electrons. The Morgan fingerprint density at radius 1 is 1.42 bits per heavy atom. The van der Waals surface area contributed by atoms with E-state index in [-0.39, 0.29) is 18.6 Å². The quantitative estimate of drug-likeness (QED) is 0.674. The van der Waals surface area contributed by atoms with Crippen LogP contribution in [-0.4, -0.2) is 35.1 Å². The molecule has 0 aromatic heterocycles. The predicted octanol–water partition coefficient (Wildman–Crippen LogP) is 1.02. The minimum absolute atomic E-state index is 0.0517. The van der Waals surface area contributed by atoms with Crippen LogP contribution in [0.2, 0.25) is 0 Å². The van der Waals surface area contributed by atoms with E-state index in [1.165, 1.54) is 0 Å². The van der Waals surface area contributed by atoms with Crippen molar-refractivity contribution in [3.63, 3.8) is 0 Å². The fourth-order valence-electron chi connectivity index (χ4n) is 1.43. The van der Waals surface area contributed by atoms with Crippen molar-refractivity contribution in [3.8, 4) is 0 Å². The summed E-state index contributed by atoms with van der Waals surface area (Å²) in [4.78, 5) is 12.8. The standard InChI is InChI=1S/C9H19NO2/c1-4-9(5-2)10(6-7-11)8(3)12/h9,11H,4-7H2,1-3H3. The van der Waals surface area contributed by atoms with Gasteiger partial charge in [0.1, 0.15) is 0 Å². The van der Waals surface area contributed by atoms with Crippen LogP contribution in [-0.2, 0) is 4.79 Å². The first-order valence-corrected chi connectivity index (χ1v) is 4.55. The first-order valence-electron chi connectivity index (χ1n) is 4.55. The number of hydrogen-bond donors (Lipinski definition) is 1. The summed E-state index contributed by atoms with van der Waals surface area (Å²) in [6, 6.07) is 0.287. The van der Waals surface area contributed by atoms with Gasteiger partial charge in [-0.1, -0.05) is 13.8 Å². The molecule has 0 aliphatic rings. The van der Waals surface area contributed by atoms with Gasteiger partial charge < -0.3 is 10.0 Å². The molecule has 12 heavy (non-hydrogen) atoms. The minimum Gasteiger partial charge on any atom is -0.395 e. The Kier molecular flexibility index (Phi) is 5.72. The molecule has 0 rings (SSSR count). The number of amides is 1. The van der Waals surface area contributed by atoms with Gasteiger partial charge in [0.05, 0.1) is 6.61 Å². The molecule has 0 atom stereocenters. The Morgan fingerprint density at radius 2 is 1.92 bits per heavy atom. The summed E-state index contributed by atoms with van der Waals surface area (Å²) in [5.41, 5.74) is 0. The zero-order valence-corrected chi connectivity index (χ0v) is 8.21. The van der Waals surface area contributed by atoms with Crippen molar-refractivity contribution in [1.82, 2.24) is 4.90 Å². The molecule has 0 aliphatic carbocycles. The third-order valence-electron chi connectivity index (χ3n) is 2.13. The van der Waals surface area contributed by atoms with E-state index in [9.17, 15) is 4.79 Å². The first-order chi connectivity index (χ1) is 5.67. The van der Waals surface area contributed by atoms with Crippen molar-refractivity contribution in [2.45, 2.75) is 39.7 Å². The zero-order valence-electron chi connectivity index (χ0n) is 8.21. The highest BCUT2D eigenvalue weighted by Gasteiger charge is 2.16. The zero-order chi connectivity index (χ0) is 9.56. The van der Waals surface area contributed by atoms with Crippen LogP contribution in [0.3, 0.4) is 0 Å². The van der Waals surface area contributed by atoms with E-state index < -0.39 is 0 Å². The molecule has 3 heteroatoms. The lowest BCUT2D eigenvalue weighted by molar-refractivity contribution is -0.131. The Bertz CT molecular complexity index is 132. The van der Waals surface area contributed by atoms with E-state index in [0.717, 1.165) is 12.8 Å². The number of aliphatic hydroxyl groups excluding tert-OH is 1. The number of rotatable bonds is 5. The molecule has 0 saturated heterocycles. The minimum atomic E-state index is 0.0517. The molecule has 0 saturated carbocycles. The molecule has 0 unspecified atom stereocenters. The Morgan fingerprint density at radius 3 is 2.17 bits per heavy atom. The van der Waals surface area contributed by atoms with Gasteiger partial charge in [0.2, 0.25) is 5.91 Å². The van der Waals surface area contributed by atoms with Gasteiger partial charge in [-0.05, 0) is 12.8 Å². The number of hydrogen-bond acceptors (Lipinski definition) is 2. The molecule has 0 bridgehead atoms. The molecule has 0 spiro atoms. The summed E-state index contributed by atoms with van der Waals surface area (Å²) in [7, 11) is 0. The Balaban J connectivity index is 4.15. The highest BCUT2D eigenvalue weighted by molar-refractivity contribution is 5.73. The number of nitrogens with zero attached hydrogens (tertiary/aromatic N) is 1. The van der Waals surface area contributed by atoms with Crippen molar-refractivity contribution < 1.29 is 9.90 Å². The molecule has 1 N–H and O–H groups in total. The maximum atomic E-state index is 11.1. The predicted molar refractivity (Wildman–Crippen MR) is 48.8 cm³/mol. The lowest BCUT2D eigenvalue weighted by Gasteiger charge is -2.28. The summed E-state index contributed by atoms with van der Waals surface area (Å²) >= 11 is 0. The van der Waals surface area contributed by atoms with Gasteiger partial charge in [0, 0.05) is 19.5 Å². The SMILES string of the molecule is CCC(CC)N(CCO)C(C)=O. The topological polar surface area (TPSA) is 40.5 Å². The second-order valence-electron chi connectivity index (χ2n) is 2.91. The molecular weight excluding hydrogens is 154 g/mol. The average molecular weight is 173 g/mol. The van der Waals surface area contributed by atoms with Gasteiger partial charge >= 0.3 is 0 Å². The molecular formula is C9H19NO2. The van der Waals surface area contributed by atoms with Crippen molar-refractivity contribution in [2.75, 3.05) is 13.2 Å². The fraction of sp³-hybridized carbons (Fsp3) is 0.889. The van der Waals surface area contributed by atoms with Crippen molar-refractivity contribution in [2.24, 2.45) is 0 Å². The van der Waals surface area contributed by atoms with Crippen molar-refractivity contribution in [3.05, 3.63) is 0 Å². The van der Waals surface area contributed by atoms with Crippen LogP contribution in [0.4, 0.5) is 0 Å². The average Bonchev–Trinajstić information content (AvgIpc) is 2.05. The van der Waals surface area contributed by atoms with Gasteiger partial charge in [0.25, 0.3) is 0 Å². The van der Waals surface area contributed by atoms with Gasteiger partial charge in [-0.2, -0.15) is 0 Å². The van der Waals surface area contributed by atoms with Crippen LogP contribution in [0.5, 0.6) is 0 Å². The van der Waals surface area contributed by atoms with Crippen LogP contribution in [0, 0.1) is 0 Å². The monoisotopic (exact) mass is 173 g/mol. The molecule has 0 aromatic carbocycles. The largest absolute Gasteiger partial charge is 0.395 e. The highest BCUT2D eigenvalue weighted by Crippen LogP contribution is 2.07.